The van der Waals surface area contributed by atoms with Crippen molar-refractivity contribution < 1.29 is 5.11 Å². The summed E-state index contributed by atoms with van der Waals surface area (Å²) in [6.45, 7) is 2.16. The van der Waals surface area contributed by atoms with Crippen LogP contribution < -0.4 is 5.32 Å². The predicted octanol–water partition coefficient (Wildman–Crippen LogP) is 2.34. The fourth-order valence-electron chi connectivity index (χ4n) is 2.64. The lowest BCUT2D eigenvalue weighted by Gasteiger charge is -2.22. The van der Waals surface area contributed by atoms with Gasteiger partial charge in [0.2, 0.25) is 0 Å². The molecule has 0 aliphatic carbocycles. The molecule has 2 N–H and O–H groups in total. The van der Waals surface area contributed by atoms with E-state index in [0.717, 1.165) is 35.5 Å². The Labute approximate surface area is 114 Å². The molecule has 2 aromatic heterocycles. The van der Waals surface area contributed by atoms with Crippen molar-refractivity contribution in [2.45, 2.75) is 19.3 Å². The highest BCUT2D eigenvalue weighted by atomic mass is 79.9. The van der Waals surface area contributed by atoms with Gasteiger partial charge in [0.05, 0.1) is 5.52 Å². The zero-order chi connectivity index (χ0) is 12.5. The van der Waals surface area contributed by atoms with Crippen molar-refractivity contribution in [2.75, 3.05) is 13.1 Å². The van der Waals surface area contributed by atoms with Crippen LogP contribution in [-0.4, -0.2) is 27.6 Å². The molecule has 2 aromatic rings. The molecule has 0 aromatic carbocycles. The van der Waals surface area contributed by atoms with E-state index in [0.29, 0.717) is 5.92 Å². The van der Waals surface area contributed by atoms with Crippen LogP contribution in [0.15, 0.2) is 22.8 Å². The van der Waals surface area contributed by atoms with E-state index in [1.54, 1.807) is 6.07 Å². The molecule has 1 fully saturated rings. The third kappa shape index (κ3) is 2.12. The minimum absolute atomic E-state index is 0.254. The van der Waals surface area contributed by atoms with Crippen molar-refractivity contribution in [3.05, 3.63) is 28.6 Å². The molecule has 1 aliphatic rings. The summed E-state index contributed by atoms with van der Waals surface area (Å²) < 4.78 is 2.63. The highest BCUT2D eigenvalue weighted by Crippen LogP contribution is 2.26. The average molecular weight is 310 g/mol. The number of pyridine rings is 1. The molecule has 96 valence electrons. The highest BCUT2D eigenvalue weighted by molar-refractivity contribution is 9.10. The molecule has 4 nitrogen and oxygen atoms in total. The number of hydrogen-bond acceptors (Lipinski definition) is 3. The van der Waals surface area contributed by atoms with E-state index in [4.69, 9.17) is 0 Å². The van der Waals surface area contributed by atoms with E-state index in [-0.39, 0.29) is 5.88 Å². The molecule has 0 saturated carbocycles. The van der Waals surface area contributed by atoms with E-state index >= 15 is 0 Å². The minimum atomic E-state index is 0.254. The second kappa shape index (κ2) is 4.90. The number of imidazole rings is 1. The zero-order valence-corrected chi connectivity index (χ0v) is 11.7. The monoisotopic (exact) mass is 309 g/mol. The third-order valence-electron chi connectivity index (χ3n) is 3.54. The number of piperidine rings is 1. The summed E-state index contributed by atoms with van der Waals surface area (Å²) in [5.41, 5.74) is 0.925. The normalized spacial score (nSPS) is 20.4. The van der Waals surface area contributed by atoms with Crippen molar-refractivity contribution >= 4 is 21.4 Å². The molecular weight excluding hydrogens is 294 g/mol. The summed E-state index contributed by atoms with van der Waals surface area (Å²) in [5.74, 6) is 1.80. The molecule has 3 rings (SSSR count). The Bertz CT molecular complexity index is 561. The zero-order valence-electron chi connectivity index (χ0n) is 10.1. The number of aromatic hydroxyl groups is 1. The quantitative estimate of drug-likeness (QED) is 0.895. The summed E-state index contributed by atoms with van der Waals surface area (Å²) in [4.78, 5) is 4.54. The lowest BCUT2D eigenvalue weighted by atomic mass is 9.96. The molecule has 0 bridgehead atoms. The van der Waals surface area contributed by atoms with Crippen molar-refractivity contribution in [1.82, 2.24) is 14.7 Å². The molecule has 0 spiro atoms. The second-order valence-corrected chi connectivity index (χ2v) is 5.59. The lowest BCUT2D eigenvalue weighted by molar-refractivity contribution is 0.367. The maximum absolute atomic E-state index is 9.98. The van der Waals surface area contributed by atoms with Crippen molar-refractivity contribution in [2.24, 2.45) is 5.92 Å². The summed E-state index contributed by atoms with van der Waals surface area (Å²) in [7, 11) is 0. The first kappa shape index (κ1) is 12.0. The Hall–Kier alpha value is -1.07. The van der Waals surface area contributed by atoms with Gasteiger partial charge in [0, 0.05) is 6.42 Å². The fourth-order valence-corrected chi connectivity index (χ4v) is 3.16. The summed E-state index contributed by atoms with van der Waals surface area (Å²) in [6, 6.07) is 5.49. The van der Waals surface area contributed by atoms with Gasteiger partial charge in [0.1, 0.15) is 10.4 Å². The SMILES string of the molecule is Oc1cccc2c(Br)nc(CC3CCCNC3)n12. The van der Waals surface area contributed by atoms with Crippen LogP contribution in [0.2, 0.25) is 0 Å². The van der Waals surface area contributed by atoms with Crippen LogP contribution in [0.3, 0.4) is 0 Å². The Morgan fingerprint density at radius 2 is 2.39 bits per heavy atom. The molecular formula is C13H16BrN3O. The van der Waals surface area contributed by atoms with Crippen LogP contribution >= 0.6 is 15.9 Å². The van der Waals surface area contributed by atoms with Gasteiger partial charge in [-0.15, -0.1) is 0 Å². The Kier molecular flexibility index (Phi) is 3.26. The van der Waals surface area contributed by atoms with Crippen LogP contribution in [0.5, 0.6) is 5.88 Å². The fraction of sp³-hybridized carbons (Fsp3) is 0.462. The standard InChI is InChI=1S/C13H16BrN3O/c14-13-10-4-1-5-12(18)17(10)11(16-13)7-9-3-2-6-15-8-9/h1,4-5,9,15,18H,2-3,6-8H2. The van der Waals surface area contributed by atoms with Gasteiger partial charge in [-0.25, -0.2) is 4.98 Å². The van der Waals surface area contributed by atoms with Gasteiger partial charge in [-0.2, -0.15) is 0 Å². The molecule has 0 radical (unpaired) electrons. The maximum atomic E-state index is 9.98. The van der Waals surface area contributed by atoms with Crippen LogP contribution in [0, 0.1) is 5.92 Å². The Morgan fingerprint density at radius 1 is 1.50 bits per heavy atom. The van der Waals surface area contributed by atoms with Gasteiger partial charge in [0.15, 0.2) is 5.88 Å². The number of nitrogens with zero attached hydrogens (tertiary/aromatic N) is 2. The molecule has 5 heteroatoms. The number of fused-ring (bicyclic) bond motifs is 1. The van der Waals surface area contributed by atoms with E-state index in [9.17, 15) is 5.11 Å². The van der Waals surface area contributed by atoms with Gasteiger partial charge in [-0.3, -0.25) is 4.40 Å². The van der Waals surface area contributed by atoms with Crippen LogP contribution in [0.4, 0.5) is 0 Å². The van der Waals surface area contributed by atoms with Crippen LogP contribution in [-0.2, 0) is 6.42 Å². The Morgan fingerprint density at radius 3 is 3.17 bits per heavy atom. The molecule has 1 aliphatic heterocycles. The molecule has 1 unspecified atom stereocenters. The Balaban J connectivity index is 1.96. The van der Waals surface area contributed by atoms with Crippen molar-refractivity contribution in [1.29, 1.82) is 0 Å². The largest absolute Gasteiger partial charge is 0.494 e. The van der Waals surface area contributed by atoms with Gasteiger partial charge in [0.25, 0.3) is 0 Å². The van der Waals surface area contributed by atoms with E-state index in [1.165, 1.54) is 12.8 Å². The number of aromatic nitrogens is 2. The summed E-state index contributed by atoms with van der Waals surface area (Å²) >= 11 is 3.46. The van der Waals surface area contributed by atoms with Crippen LogP contribution in [0.1, 0.15) is 18.7 Å². The number of halogens is 1. The second-order valence-electron chi connectivity index (χ2n) is 4.84. The van der Waals surface area contributed by atoms with Gasteiger partial charge < -0.3 is 10.4 Å². The third-order valence-corrected chi connectivity index (χ3v) is 4.12. The lowest BCUT2D eigenvalue weighted by Crippen LogP contribution is -2.31. The first-order chi connectivity index (χ1) is 8.75. The van der Waals surface area contributed by atoms with Crippen molar-refractivity contribution in [3.8, 4) is 5.88 Å². The predicted molar refractivity (Wildman–Crippen MR) is 73.9 cm³/mol. The van der Waals surface area contributed by atoms with E-state index < -0.39 is 0 Å². The van der Waals surface area contributed by atoms with Crippen LogP contribution in [0.25, 0.3) is 5.52 Å². The van der Waals surface area contributed by atoms with Gasteiger partial charge in [-0.05, 0) is 59.9 Å². The molecule has 1 saturated heterocycles. The molecule has 0 amide bonds. The van der Waals surface area contributed by atoms with E-state index in [1.807, 2.05) is 16.5 Å². The number of nitrogens with one attached hydrogen (secondary N) is 1. The first-order valence-electron chi connectivity index (χ1n) is 6.31. The summed E-state index contributed by atoms with van der Waals surface area (Å²) in [6.07, 6.45) is 3.35. The number of rotatable bonds is 2. The highest BCUT2D eigenvalue weighted by Gasteiger charge is 2.18. The molecule has 3 heterocycles. The topological polar surface area (TPSA) is 49.6 Å². The maximum Gasteiger partial charge on any atom is 0.197 e. The molecule has 18 heavy (non-hydrogen) atoms. The molecule has 1 atom stereocenters. The van der Waals surface area contributed by atoms with Gasteiger partial charge in [-0.1, -0.05) is 6.07 Å². The number of hydrogen-bond donors (Lipinski definition) is 2. The van der Waals surface area contributed by atoms with E-state index in [2.05, 4.69) is 26.2 Å². The minimum Gasteiger partial charge on any atom is -0.494 e. The average Bonchev–Trinajstić information content (AvgIpc) is 2.69. The summed E-state index contributed by atoms with van der Waals surface area (Å²) in [5, 5.41) is 13.4. The smallest absolute Gasteiger partial charge is 0.197 e. The first-order valence-corrected chi connectivity index (χ1v) is 7.10. The van der Waals surface area contributed by atoms with Gasteiger partial charge >= 0.3 is 0 Å². The van der Waals surface area contributed by atoms with Crippen molar-refractivity contribution in [3.63, 3.8) is 0 Å².